The molecule has 1 amide bonds. The van der Waals surface area contributed by atoms with Crippen molar-refractivity contribution < 1.29 is 9.32 Å². The molecule has 0 aromatic carbocycles. The summed E-state index contributed by atoms with van der Waals surface area (Å²) in [5, 5.41) is 7.13. The molecule has 6 heteroatoms. The second-order valence-electron chi connectivity index (χ2n) is 5.19. The van der Waals surface area contributed by atoms with Gasteiger partial charge in [-0.15, -0.1) is 0 Å². The Bertz CT molecular complexity index is 437. The molecule has 1 N–H and O–H groups in total. The second kappa shape index (κ2) is 4.68. The minimum atomic E-state index is 0.252. The van der Waals surface area contributed by atoms with Crippen LogP contribution in [0.1, 0.15) is 30.5 Å². The predicted octanol–water partition coefficient (Wildman–Crippen LogP) is 0.167. The van der Waals surface area contributed by atoms with E-state index in [2.05, 4.69) is 15.5 Å². The number of carbonyl (C=O) groups is 1. The molecule has 18 heavy (non-hydrogen) atoms. The van der Waals surface area contributed by atoms with Crippen molar-refractivity contribution in [2.45, 2.75) is 25.2 Å². The Balaban J connectivity index is 1.49. The first-order chi connectivity index (χ1) is 8.74. The maximum atomic E-state index is 11.7. The largest absolute Gasteiger partial charge is 0.345 e. The lowest BCUT2D eigenvalue weighted by Gasteiger charge is -2.22. The molecule has 0 unspecified atom stereocenters. The normalized spacial score (nSPS) is 19.6. The molecule has 1 aliphatic carbocycles. The number of amides is 1. The van der Waals surface area contributed by atoms with E-state index < -0.39 is 0 Å². The molecule has 1 saturated heterocycles. The summed E-state index contributed by atoms with van der Waals surface area (Å²) in [6.45, 7) is 2.50. The average molecular weight is 250 g/mol. The fourth-order valence-electron chi connectivity index (χ4n) is 2.02. The van der Waals surface area contributed by atoms with Gasteiger partial charge in [0.2, 0.25) is 11.8 Å². The van der Waals surface area contributed by atoms with Crippen molar-refractivity contribution in [3.63, 3.8) is 0 Å². The SMILES string of the molecule is CN(CCc1noc(C2CNC2)n1)C(=O)C1CC1. The highest BCUT2D eigenvalue weighted by molar-refractivity contribution is 5.80. The van der Waals surface area contributed by atoms with Gasteiger partial charge in [-0.3, -0.25) is 4.79 Å². The molecule has 1 aromatic heterocycles. The van der Waals surface area contributed by atoms with Gasteiger partial charge in [-0.1, -0.05) is 5.16 Å². The van der Waals surface area contributed by atoms with E-state index in [1.807, 2.05) is 7.05 Å². The molecule has 6 nitrogen and oxygen atoms in total. The van der Waals surface area contributed by atoms with Crippen LogP contribution < -0.4 is 5.32 Å². The number of hydrogen-bond acceptors (Lipinski definition) is 5. The van der Waals surface area contributed by atoms with Crippen LogP contribution in [0.4, 0.5) is 0 Å². The summed E-state index contributed by atoms with van der Waals surface area (Å²) in [6, 6.07) is 0. The van der Waals surface area contributed by atoms with Crippen LogP contribution in [0.2, 0.25) is 0 Å². The Morgan fingerprint density at radius 2 is 2.28 bits per heavy atom. The molecule has 1 aromatic rings. The molecule has 1 saturated carbocycles. The number of aromatic nitrogens is 2. The van der Waals surface area contributed by atoms with Gasteiger partial charge in [0, 0.05) is 39.0 Å². The Morgan fingerprint density at radius 3 is 2.89 bits per heavy atom. The Kier molecular flexibility index (Phi) is 3.03. The van der Waals surface area contributed by atoms with Gasteiger partial charge in [-0.25, -0.2) is 0 Å². The van der Waals surface area contributed by atoms with E-state index in [0.717, 1.165) is 31.8 Å². The number of rotatable bonds is 5. The maximum Gasteiger partial charge on any atom is 0.232 e. The van der Waals surface area contributed by atoms with Gasteiger partial charge < -0.3 is 14.7 Å². The Labute approximate surface area is 106 Å². The van der Waals surface area contributed by atoms with Crippen LogP contribution in [-0.2, 0) is 11.2 Å². The fourth-order valence-corrected chi connectivity index (χ4v) is 2.02. The summed E-state index contributed by atoms with van der Waals surface area (Å²) in [5.74, 6) is 2.32. The molecule has 1 aliphatic heterocycles. The van der Waals surface area contributed by atoms with Gasteiger partial charge in [-0.05, 0) is 12.8 Å². The van der Waals surface area contributed by atoms with Gasteiger partial charge >= 0.3 is 0 Å². The molecule has 0 spiro atoms. The topological polar surface area (TPSA) is 71.3 Å². The average Bonchev–Trinajstić information content (AvgIpc) is 3.05. The lowest BCUT2D eigenvalue weighted by atomic mass is 10.0. The lowest BCUT2D eigenvalue weighted by Crippen LogP contribution is -2.40. The molecule has 2 heterocycles. The first kappa shape index (κ1) is 11.6. The first-order valence-corrected chi connectivity index (χ1v) is 6.52. The van der Waals surface area contributed by atoms with Gasteiger partial charge in [0.1, 0.15) is 0 Å². The minimum absolute atomic E-state index is 0.252. The number of hydrogen-bond donors (Lipinski definition) is 1. The molecule has 0 radical (unpaired) electrons. The van der Waals surface area contributed by atoms with Crippen LogP contribution >= 0.6 is 0 Å². The molecule has 98 valence electrons. The van der Waals surface area contributed by atoms with Gasteiger partial charge in [0.25, 0.3) is 0 Å². The van der Waals surface area contributed by atoms with Crippen LogP contribution in [0, 0.1) is 5.92 Å². The van der Waals surface area contributed by atoms with E-state index in [-0.39, 0.29) is 11.8 Å². The third-order valence-electron chi connectivity index (χ3n) is 3.59. The molecule has 2 fully saturated rings. The maximum absolute atomic E-state index is 11.7. The van der Waals surface area contributed by atoms with Gasteiger partial charge in [-0.2, -0.15) is 4.98 Å². The number of nitrogens with one attached hydrogen (secondary N) is 1. The minimum Gasteiger partial charge on any atom is -0.345 e. The highest BCUT2D eigenvalue weighted by atomic mass is 16.5. The van der Waals surface area contributed by atoms with Crippen LogP contribution in [-0.4, -0.2) is 47.6 Å². The molecule has 2 aliphatic rings. The first-order valence-electron chi connectivity index (χ1n) is 6.52. The monoisotopic (exact) mass is 250 g/mol. The van der Waals surface area contributed by atoms with Crippen LogP contribution in [0.5, 0.6) is 0 Å². The van der Waals surface area contributed by atoms with E-state index in [0.29, 0.717) is 24.7 Å². The predicted molar refractivity (Wildman–Crippen MR) is 64.0 cm³/mol. The standard InChI is InChI=1S/C12H18N4O2/c1-16(12(17)8-2-3-8)5-4-10-14-11(18-15-10)9-6-13-7-9/h8-9,13H,2-7H2,1H3. The van der Waals surface area contributed by atoms with E-state index in [9.17, 15) is 4.79 Å². The third kappa shape index (κ3) is 2.38. The number of nitrogens with zero attached hydrogens (tertiary/aromatic N) is 3. The van der Waals surface area contributed by atoms with Crippen molar-refractivity contribution in [3.05, 3.63) is 11.7 Å². The molecular formula is C12H18N4O2. The zero-order chi connectivity index (χ0) is 12.5. The van der Waals surface area contributed by atoms with Crippen molar-refractivity contribution in [2.24, 2.45) is 5.92 Å². The smallest absolute Gasteiger partial charge is 0.232 e. The summed E-state index contributed by atoms with van der Waals surface area (Å²) < 4.78 is 5.22. The van der Waals surface area contributed by atoms with Crippen LogP contribution in [0.3, 0.4) is 0 Å². The van der Waals surface area contributed by atoms with Crippen molar-refractivity contribution in [1.82, 2.24) is 20.4 Å². The zero-order valence-electron chi connectivity index (χ0n) is 10.6. The van der Waals surface area contributed by atoms with Crippen molar-refractivity contribution >= 4 is 5.91 Å². The summed E-state index contributed by atoms with van der Waals surface area (Å²) in [7, 11) is 1.84. The van der Waals surface area contributed by atoms with Crippen LogP contribution in [0.15, 0.2) is 4.52 Å². The lowest BCUT2D eigenvalue weighted by molar-refractivity contribution is -0.131. The number of likely N-dealkylation sites (N-methyl/N-ethyl adjacent to an activating group) is 1. The van der Waals surface area contributed by atoms with Crippen LogP contribution in [0.25, 0.3) is 0 Å². The molecule has 3 rings (SSSR count). The summed E-state index contributed by atoms with van der Waals surface area (Å²) >= 11 is 0. The highest BCUT2D eigenvalue weighted by Gasteiger charge is 2.32. The van der Waals surface area contributed by atoms with Gasteiger partial charge in [0.05, 0.1) is 5.92 Å². The Morgan fingerprint density at radius 1 is 1.50 bits per heavy atom. The van der Waals surface area contributed by atoms with E-state index in [1.165, 1.54) is 0 Å². The number of carbonyl (C=O) groups excluding carboxylic acids is 1. The second-order valence-corrected chi connectivity index (χ2v) is 5.19. The molecule has 0 bridgehead atoms. The van der Waals surface area contributed by atoms with E-state index in [4.69, 9.17) is 4.52 Å². The van der Waals surface area contributed by atoms with Crippen molar-refractivity contribution in [2.75, 3.05) is 26.7 Å². The fraction of sp³-hybridized carbons (Fsp3) is 0.750. The Hall–Kier alpha value is -1.43. The van der Waals surface area contributed by atoms with Gasteiger partial charge in [0.15, 0.2) is 5.82 Å². The van der Waals surface area contributed by atoms with Crippen molar-refractivity contribution in [3.8, 4) is 0 Å². The van der Waals surface area contributed by atoms with Crippen molar-refractivity contribution in [1.29, 1.82) is 0 Å². The summed E-state index contributed by atoms with van der Waals surface area (Å²) in [6.07, 6.45) is 2.76. The zero-order valence-corrected chi connectivity index (χ0v) is 10.6. The van der Waals surface area contributed by atoms with E-state index in [1.54, 1.807) is 4.90 Å². The molecular weight excluding hydrogens is 232 g/mol. The highest BCUT2D eigenvalue weighted by Crippen LogP contribution is 2.30. The summed E-state index contributed by atoms with van der Waals surface area (Å²) in [5.41, 5.74) is 0. The quantitative estimate of drug-likeness (QED) is 0.806. The summed E-state index contributed by atoms with van der Waals surface area (Å²) in [4.78, 5) is 17.9. The third-order valence-corrected chi connectivity index (χ3v) is 3.59. The molecule has 0 atom stereocenters. The van der Waals surface area contributed by atoms with E-state index >= 15 is 0 Å².